The number of anilines is 1. The summed E-state index contributed by atoms with van der Waals surface area (Å²) >= 11 is 0. The maximum absolute atomic E-state index is 12.6. The zero-order valence-corrected chi connectivity index (χ0v) is 12.4. The maximum Gasteiger partial charge on any atom is 0.254 e. The molecule has 0 spiro atoms. The molecule has 1 saturated heterocycles. The number of hydrogen-bond donors (Lipinski definition) is 1. The van der Waals surface area contributed by atoms with E-state index in [9.17, 15) is 4.79 Å². The number of carbonyl (C=O) groups is 1. The van der Waals surface area contributed by atoms with E-state index in [2.05, 4.69) is 4.98 Å². The normalized spacial score (nSPS) is 17.3. The van der Waals surface area contributed by atoms with Crippen molar-refractivity contribution in [1.82, 2.24) is 9.88 Å². The van der Waals surface area contributed by atoms with Crippen LogP contribution in [0.25, 0.3) is 0 Å². The van der Waals surface area contributed by atoms with Crippen LogP contribution in [0, 0.1) is 0 Å². The largest absolute Gasteiger partial charge is 0.399 e. The molecule has 0 bridgehead atoms. The molecule has 1 fully saturated rings. The predicted molar refractivity (Wildman–Crippen MR) is 85.4 cm³/mol. The van der Waals surface area contributed by atoms with Crippen molar-refractivity contribution in [3.63, 3.8) is 0 Å². The van der Waals surface area contributed by atoms with Gasteiger partial charge in [-0.25, -0.2) is 0 Å². The fraction of sp³-hybridized carbons (Fsp3) is 0.250. The Morgan fingerprint density at radius 1 is 1.24 bits per heavy atom. The number of likely N-dealkylation sites (tertiary alicyclic amines) is 1. The number of benzene rings is 1. The van der Waals surface area contributed by atoms with Gasteiger partial charge in [-0.1, -0.05) is 6.07 Å². The average Bonchev–Trinajstić information content (AvgIpc) is 2.97. The van der Waals surface area contributed by atoms with Gasteiger partial charge in [-0.15, -0.1) is 12.4 Å². The van der Waals surface area contributed by atoms with Gasteiger partial charge in [0.25, 0.3) is 5.91 Å². The quantitative estimate of drug-likeness (QED) is 0.867. The Kier molecular flexibility index (Phi) is 4.81. The summed E-state index contributed by atoms with van der Waals surface area (Å²) in [6.07, 6.45) is 5.62. The van der Waals surface area contributed by atoms with Crippen LogP contribution in [0.1, 0.15) is 34.8 Å². The second-order valence-corrected chi connectivity index (χ2v) is 5.06. The molecule has 2 heterocycles. The molecule has 1 aromatic carbocycles. The van der Waals surface area contributed by atoms with Crippen LogP contribution in [0.2, 0.25) is 0 Å². The summed E-state index contributed by atoms with van der Waals surface area (Å²) in [6, 6.07) is 11.2. The van der Waals surface area contributed by atoms with Gasteiger partial charge in [0.2, 0.25) is 0 Å². The second-order valence-electron chi connectivity index (χ2n) is 5.06. The van der Waals surface area contributed by atoms with Crippen LogP contribution < -0.4 is 5.73 Å². The van der Waals surface area contributed by atoms with Crippen molar-refractivity contribution in [2.45, 2.75) is 18.9 Å². The van der Waals surface area contributed by atoms with Gasteiger partial charge in [0.05, 0.1) is 6.04 Å². The van der Waals surface area contributed by atoms with Crippen molar-refractivity contribution in [2.75, 3.05) is 12.3 Å². The van der Waals surface area contributed by atoms with E-state index in [1.54, 1.807) is 30.5 Å². The Morgan fingerprint density at radius 2 is 2.00 bits per heavy atom. The molecule has 1 amide bonds. The Morgan fingerprint density at radius 3 is 2.67 bits per heavy atom. The van der Waals surface area contributed by atoms with Gasteiger partial charge in [-0.2, -0.15) is 0 Å². The lowest BCUT2D eigenvalue weighted by molar-refractivity contribution is 0.0735. The highest BCUT2D eigenvalue weighted by atomic mass is 35.5. The Balaban J connectivity index is 0.00000161. The molecule has 0 aliphatic carbocycles. The first-order valence-corrected chi connectivity index (χ1v) is 6.82. The predicted octanol–water partition coefficient (Wildman–Crippen LogP) is 3.06. The molecule has 1 atom stereocenters. The van der Waals surface area contributed by atoms with E-state index in [0.29, 0.717) is 11.3 Å². The van der Waals surface area contributed by atoms with Crippen LogP contribution in [0.4, 0.5) is 5.69 Å². The molecule has 5 heteroatoms. The van der Waals surface area contributed by atoms with Gasteiger partial charge in [0.1, 0.15) is 0 Å². The van der Waals surface area contributed by atoms with Crippen LogP contribution in [0.3, 0.4) is 0 Å². The van der Waals surface area contributed by atoms with Crippen LogP contribution in [-0.4, -0.2) is 22.3 Å². The zero-order valence-electron chi connectivity index (χ0n) is 11.6. The lowest BCUT2D eigenvalue weighted by Gasteiger charge is -2.25. The molecule has 21 heavy (non-hydrogen) atoms. The molecular weight excluding hydrogens is 286 g/mol. The summed E-state index contributed by atoms with van der Waals surface area (Å²) in [5.41, 5.74) is 8.13. The van der Waals surface area contributed by atoms with Crippen molar-refractivity contribution >= 4 is 24.0 Å². The van der Waals surface area contributed by atoms with E-state index in [4.69, 9.17) is 5.73 Å². The van der Waals surface area contributed by atoms with E-state index < -0.39 is 0 Å². The first kappa shape index (κ1) is 15.3. The number of nitrogen functional groups attached to an aromatic ring is 1. The highest BCUT2D eigenvalue weighted by Crippen LogP contribution is 2.32. The smallest absolute Gasteiger partial charge is 0.254 e. The van der Waals surface area contributed by atoms with Crippen molar-refractivity contribution < 1.29 is 4.79 Å². The number of carbonyl (C=O) groups excluding carboxylic acids is 1. The van der Waals surface area contributed by atoms with Gasteiger partial charge >= 0.3 is 0 Å². The topological polar surface area (TPSA) is 59.2 Å². The fourth-order valence-electron chi connectivity index (χ4n) is 2.72. The van der Waals surface area contributed by atoms with Gasteiger partial charge < -0.3 is 10.6 Å². The third kappa shape index (κ3) is 3.16. The molecule has 1 aliphatic heterocycles. The number of rotatable bonds is 2. The number of halogens is 1. The minimum Gasteiger partial charge on any atom is -0.399 e. The SMILES string of the molecule is Cl.Nc1ccc(C(=O)N2CCCC2c2cccnc2)cc1. The molecule has 2 N–H and O–H groups in total. The van der Waals surface area contributed by atoms with Gasteiger partial charge in [-0.05, 0) is 48.7 Å². The molecule has 0 saturated carbocycles. The number of nitrogens with two attached hydrogens (primary N) is 1. The molecule has 1 unspecified atom stereocenters. The van der Waals surface area contributed by atoms with Crippen molar-refractivity contribution in [1.29, 1.82) is 0 Å². The number of hydrogen-bond acceptors (Lipinski definition) is 3. The van der Waals surface area contributed by atoms with Gasteiger partial charge in [0, 0.05) is 30.2 Å². The molecule has 4 nitrogen and oxygen atoms in total. The van der Waals surface area contributed by atoms with Crippen LogP contribution in [-0.2, 0) is 0 Å². The minimum absolute atomic E-state index is 0. The molecule has 1 aliphatic rings. The van der Waals surface area contributed by atoms with E-state index in [1.807, 2.05) is 23.2 Å². The number of nitrogens with zero attached hydrogens (tertiary/aromatic N) is 2. The van der Waals surface area contributed by atoms with Crippen LogP contribution in [0.5, 0.6) is 0 Å². The number of aromatic nitrogens is 1. The summed E-state index contributed by atoms with van der Waals surface area (Å²) in [6.45, 7) is 0.794. The van der Waals surface area contributed by atoms with E-state index >= 15 is 0 Å². The van der Waals surface area contributed by atoms with Crippen molar-refractivity contribution in [3.8, 4) is 0 Å². The summed E-state index contributed by atoms with van der Waals surface area (Å²) in [5.74, 6) is 0.0661. The zero-order chi connectivity index (χ0) is 13.9. The lowest BCUT2D eigenvalue weighted by atomic mass is 10.1. The molecular formula is C16H18ClN3O. The minimum atomic E-state index is 0. The standard InChI is InChI=1S/C16H17N3O.ClH/c17-14-7-5-12(6-8-14)16(20)19-10-2-4-15(19)13-3-1-9-18-11-13;/h1,3,5-9,11,15H,2,4,10,17H2;1H. The van der Waals surface area contributed by atoms with Gasteiger partial charge in [0.15, 0.2) is 0 Å². The number of pyridine rings is 1. The summed E-state index contributed by atoms with van der Waals surface area (Å²) < 4.78 is 0. The highest BCUT2D eigenvalue weighted by Gasteiger charge is 2.30. The first-order valence-electron chi connectivity index (χ1n) is 6.82. The Labute approximate surface area is 130 Å². The van der Waals surface area contributed by atoms with Crippen molar-refractivity contribution in [2.24, 2.45) is 0 Å². The van der Waals surface area contributed by atoms with E-state index in [1.165, 1.54) is 0 Å². The monoisotopic (exact) mass is 303 g/mol. The highest BCUT2D eigenvalue weighted by molar-refractivity contribution is 5.95. The first-order chi connectivity index (χ1) is 9.75. The number of amides is 1. The second kappa shape index (κ2) is 6.59. The maximum atomic E-state index is 12.6. The molecule has 3 rings (SSSR count). The average molecular weight is 304 g/mol. The van der Waals surface area contributed by atoms with Crippen LogP contribution >= 0.6 is 12.4 Å². The van der Waals surface area contributed by atoms with Crippen LogP contribution in [0.15, 0.2) is 48.8 Å². The third-order valence-corrected chi connectivity index (χ3v) is 3.74. The summed E-state index contributed by atoms with van der Waals surface area (Å²) in [4.78, 5) is 18.7. The van der Waals surface area contributed by atoms with E-state index in [-0.39, 0.29) is 24.4 Å². The van der Waals surface area contributed by atoms with E-state index in [0.717, 1.165) is 24.9 Å². The molecule has 1 aromatic heterocycles. The fourth-order valence-corrected chi connectivity index (χ4v) is 2.72. The lowest BCUT2D eigenvalue weighted by Crippen LogP contribution is -2.30. The van der Waals surface area contributed by atoms with Gasteiger partial charge in [-0.3, -0.25) is 9.78 Å². The summed E-state index contributed by atoms with van der Waals surface area (Å²) in [7, 11) is 0. The Hall–Kier alpha value is -2.07. The molecule has 110 valence electrons. The van der Waals surface area contributed by atoms with Crippen molar-refractivity contribution in [3.05, 3.63) is 59.9 Å². The molecule has 2 aromatic rings. The molecule has 0 radical (unpaired) electrons. The Bertz CT molecular complexity index is 601. The third-order valence-electron chi connectivity index (χ3n) is 3.74. The summed E-state index contributed by atoms with van der Waals surface area (Å²) in [5, 5.41) is 0.